The van der Waals surface area contributed by atoms with Crippen LogP contribution < -0.4 is 4.74 Å². The number of benzene rings is 2. The molecule has 0 amide bonds. The van der Waals surface area contributed by atoms with E-state index in [0.29, 0.717) is 5.56 Å². The topological polar surface area (TPSA) is 63.6 Å². The number of para-hydroxylation sites is 1. The predicted octanol–water partition coefficient (Wildman–Crippen LogP) is 2.69. The lowest BCUT2D eigenvalue weighted by molar-refractivity contribution is -0.128. The number of carbonyl (C=O) groups excluding carboxylic acids is 2. The van der Waals surface area contributed by atoms with Crippen LogP contribution in [0.1, 0.15) is 22.0 Å². The number of Topliss-reactive ketones (excluding diaryl/α,β-unsaturated/α-hetero) is 1. The molecule has 106 valence electrons. The van der Waals surface area contributed by atoms with Crippen LogP contribution in [-0.4, -0.2) is 16.9 Å². The Morgan fingerprint density at radius 2 is 1.67 bits per heavy atom. The summed E-state index contributed by atoms with van der Waals surface area (Å²) in [7, 11) is 0. The van der Waals surface area contributed by atoms with Gasteiger partial charge in [0.2, 0.25) is 0 Å². The van der Waals surface area contributed by atoms with Gasteiger partial charge in [-0.15, -0.1) is 0 Å². The van der Waals surface area contributed by atoms with E-state index in [0.717, 1.165) is 6.08 Å². The van der Waals surface area contributed by atoms with E-state index in [4.69, 9.17) is 4.74 Å². The molecule has 1 atom stereocenters. The first-order valence-corrected chi connectivity index (χ1v) is 6.34. The molecular weight excluding hydrogens is 268 g/mol. The van der Waals surface area contributed by atoms with Crippen LogP contribution in [-0.2, 0) is 4.79 Å². The molecule has 0 bridgehead atoms. The van der Waals surface area contributed by atoms with Crippen molar-refractivity contribution in [2.75, 3.05) is 0 Å². The smallest absolute Gasteiger partial charge is 0.335 e. The SMILES string of the molecule is C=CC(=O)Oc1ccccc1C(=O)C(O)c1ccccc1. The lowest BCUT2D eigenvalue weighted by Gasteiger charge is -2.12. The van der Waals surface area contributed by atoms with E-state index in [-0.39, 0.29) is 11.3 Å². The minimum atomic E-state index is -1.31. The maximum Gasteiger partial charge on any atom is 0.335 e. The third kappa shape index (κ3) is 3.43. The normalized spacial score (nSPS) is 11.5. The average molecular weight is 282 g/mol. The fourth-order valence-electron chi connectivity index (χ4n) is 1.84. The fraction of sp³-hybridized carbons (Fsp3) is 0.0588. The second-order valence-corrected chi connectivity index (χ2v) is 4.30. The molecule has 0 aromatic heterocycles. The third-order valence-corrected chi connectivity index (χ3v) is 2.89. The second-order valence-electron chi connectivity index (χ2n) is 4.30. The van der Waals surface area contributed by atoms with Crippen molar-refractivity contribution in [3.63, 3.8) is 0 Å². The summed E-state index contributed by atoms with van der Waals surface area (Å²) in [6.45, 7) is 3.31. The minimum absolute atomic E-state index is 0.0994. The van der Waals surface area contributed by atoms with Crippen molar-refractivity contribution in [3.8, 4) is 5.75 Å². The van der Waals surface area contributed by atoms with Gasteiger partial charge in [-0.05, 0) is 17.7 Å². The van der Waals surface area contributed by atoms with E-state index in [2.05, 4.69) is 6.58 Å². The maximum atomic E-state index is 12.4. The third-order valence-electron chi connectivity index (χ3n) is 2.89. The van der Waals surface area contributed by atoms with Gasteiger partial charge in [0, 0.05) is 6.08 Å². The predicted molar refractivity (Wildman–Crippen MR) is 78.0 cm³/mol. The molecule has 2 aromatic carbocycles. The zero-order valence-electron chi connectivity index (χ0n) is 11.2. The maximum absolute atomic E-state index is 12.4. The van der Waals surface area contributed by atoms with E-state index in [1.807, 2.05) is 0 Å². The molecule has 0 spiro atoms. The summed E-state index contributed by atoms with van der Waals surface area (Å²) in [4.78, 5) is 23.7. The highest BCUT2D eigenvalue weighted by molar-refractivity contribution is 6.02. The Labute approximate surface area is 122 Å². The number of carbonyl (C=O) groups is 2. The summed E-state index contributed by atoms with van der Waals surface area (Å²) in [5, 5.41) is 10.1. The van der Waals surface area contributed by atoms with E-state index < -0.39 is 17.9 Å². The van der Waals surface area contributed by atoms with Crippen molar-refractivity contribution < 1.29 is 19.4 Å². The zero-order valence-corrected chi connectivity index (χ0v) is 11.2. The Bertz CT molecular complexity index is 662. The summed E-state index contributed by atoms with van der Waals surface area (Å²) >= 11 is 0. The van der Waals surface area contributed by atoms with Gasteiger partial charge < -0.3 is 9.84 Å². The van der Waals surface area contributed by atoms with Crippen LogP contribution >= 0.6 is 0 Å². The van der Waals surface area contributed by atoms with Gasteiger partial charge in [-0.2, -0.15) is 0 Å². The number of aliphatic hydroxyl groups excluding tert-OH is 1. The number of aliphatic hydroxyl groups is 1. The summed E-state index contributed by atoms with van der Waals surface area (Å²) in [5.74, 6) is -1.10. The molecule has 1 unspecified atom stereocenters. The molecule has 0 saturated carbocycles. The minimum Gasteiger partial charge on any atom is -0.423 e. The lowest BCUT2D eigenvalue weighted by Crippen LogP contribution is -2.15. The highest BCUT2D eigenvalue weighted by atomic mass is 16.5. The van der Waals surface area contributed by atoms with Crippen LogP contribution in [0.2, 0.25) is 0 Å². The number of hydrogen-bond donors (Lipinski definition) is 1. The fourth-order valence-corrected chi connectivity index (χ4v) is 1.84. The van der Waals surface area contributed by atoms with Crippen molar-refractivity contribution in [3.05, 3.63) is 78.4 Å². The molecule has 0 saturated heterocycles. The monoisotopic (exact) mass is 282 g/mol. The molecular formula is C17H14O4. The second kappa shape index (κ2) is 6.63. The van der Waals surface area contributed by atoms with E-state index in [9.17, 15) is 14.7 Å². The molecule has 4 heteroatoms. The van der Waals surface area contributed by atoms with E-state index >= 15 is 0 Å². The molecule has 0 aliphatic carbocycles. The first-order valence-electron chi connectivity index (χ1n) is 6.34. The first kappa shape index (κ1) is 14.7. The van der Waals surface area contributed by atoms with Gasteiger partial charge in [-0.25, -0.2) is 4.79 Å². The Hall–Kier alpha value is -2.72. The van der Waals surface area contributed by atoms with Crippen LogP contribution in [0.25, 0.3) is 0 Å². The number of rotatable bonds is 5. The lowest BCUT2D eigenvalue weighted by atomic mass is 9.99. The zero-order chi connectivity index (χ0) is 15.2. The molecule has 0 radical (unpaired) electrons. The van der Waals surface area contributed by atoms with Crippen LogP contribution in [0.15, 0.2) is 67.3 Å². The van der Waals surface area contributed by atoms with Gasteiger partial charge in [0.15, 0.2) is 5.78 Å². The molecule has 0 heterocycles. The van der Waals surface area contributed by atoms with Crippen LogP contribution in [0.5, 0.6) is 5.75 Å². The van der Waals surface area contributed by atoms with Crippen LogP contribution in [0.4, 0.5) is 0 Å². The highest BCUT2D eigenvalue weighted by Crippen LogP contribution is 2.25. The Kier molecular flexibility index (Phi) is 4.64. The van der Waals surface area contributed by atoms with Crippen molar-refractivity contribution in [2.24, 2.45) is 0 Å². The summed E-state index contributed by atoms with van der Waals surface area (Å²) in [6, 6.07) is 14.8. The summed E-state index contributed by atoms with van der Waals surface area (Å²) < 4.78 is 5.01. The Morgan fingerprint density at radius 1 is 1.05 bits per heavy atom. The number of ether oxygens (including phenoxy) is 1. The Balaban J connectivity index is 2.31. The van der Waals surface area contributed by atoms with Crippen LogP contribution in [0, 0.1) is 0 Å². The van der Waals surface area contributed by atoms with Crippen molar-refractivity contribution in [2.45, 2.75) is 6.10 Å². The molecule has 0 aliphatic heterocycles. The quantitative estimate of drug-likeness (QED) is 0.396. The number of ketones is 1. The Morgan fingerprint density at radius 3 is 2.33 bits per heavy atom. The number of esters is 1. The van der Waals surface area contributed by atoms with E-state index in [1.165, 1.54) is 12.1 Å². The molecule has 0 aliphatic rings. The van der Waals surface area contributed by atoms with Gasteiger partial charge in [0.1, 0.15) is 11.9 Å². The van der Waals surface area contributed by atoms with Gasteiger partial charge >= 0.3 is 5.97 Å². The van der Waals surface area contributed by atoms with Gasteiger partial charge in [-0.1, -0.05) is 49.0 Å². The molecule has 1 N–H and O–H groups in total. The standard InChI is InChI=1S/C17H14O4/c1-2-15(18)21-14-11-7-6-10-13(14)17(20)16(19)12-8-4-3-5-9-12/h2-11,16,19H,1H2. The highest BCUT2D eigenvalue weighted by Gasteiger charge is 2.22. The van der Waals surface area contributed by atoms with Crippen LogP contribution in [0.3, 0.4) is 0 Å². The molecule has 4 nitrogen and oxygen atoms in total. The molecule has 0 fully saturated rings. The first-order chi connectivity index (χ1) is 10.1. The van der Waals surface area contributed by atoms with Crippen molar-refractivity contribution in [1.29, 1.82) is 0 Å². The van der Waals surface area contributed by atoms with Gasteiger partial charge in [0.25, 0.3) is 0 Å². The summed E-state index contributed by atoms with van der Waals surface area (Å²) in [6.07, 6.45) is -0.302. The van der Waals surface area contributed by atoms with Crippen molar-refractivity contribution >= 4 is 11.8 Å². The molecule has 2 rings (SSSR count). The molecule has 21 heavy (non-hydrogen) atoms. The summed E-state index contributed by atoms with van der Waals surface area (Å²) in [5.41, 5.74) is 0.622. The molecule has 2 aromatic rings. The van der Waals surface area contributed by atoms with Gasteiger partial charge in [0.05, 0.1) is 5.56 Å². The average Bonchev–Trinajstić information content (AvgIpc) is 2.54. The number of hydrogen-bond acceptors (Lipinski definition) is 4. The largest absolute Gasteiger partial charge is 0.423 e. The van der Waals surface area contributed by atoms with Crippen molar-refractivity contribution in [1.82, 2.24) is 0 Å². The van der Waals surface area contributed by atoms with E-state index in [1.54, 1.807) is 42.5 Å². The van der Waals surface area contributed by atoms with Gasteiger partial charge in [-0.3, -0.25) is 4.79 Å².